The molecule has 0 aromatic heterocycles. The minimum atomic E-state index is -0.622. The quantitative estimate of drug-likeness (QED) is 0.837. The molecule has 110 valence electrons. The van der Waals surface area contributed by atoms with Gasteiger partial charge in [-0.3, -0.25) is 4.79 Å². The molecule has 0 aromatic rings. The molecule has 0 spiro atoms. The van der Waals surface area contributed by atoms with E-state index in [1.807, 2.05) is 11.8 Å². The third kappa shape index (κ3) is 3.27. The summed E-state index contributed by atoms with van der Waals surface area (Å²) >= 11 is 2.04. The van der Waals surface area contributed by atoms with E-state index in [1.165, 1.54) is 24.3 Å². The van der Waals surface area contributed by atoms with Crippen molar-refractivity contribution in [1.82, 2.24) is 5.32 Å². The van der Waals surface area contributed by atoms with Gasteiger partial charge in [0.15, 0.2) is 0 Å². The standard InChI is InChI=1S/C15H27NO2S/c1-10-13(16-11-5-4-8-19-9-11)7-6-12(14(17)18)15(10,2)3/h10-13,16H,4-9H2,1-3H3,(H,17,18). The summed E-state index contributed by atoms with van der Waals surface area (Å²) in [4.78, 5) is 11.4. The van der Waals surface area contributed by atoms with Crippen molar-refractivity contribution in [3.8, 4) is 0 Å². The number of thioether (sulfide) groups is 1. The molecule has 0 radical (unpaired) electrons. The van der Waals surface area contributed by atoms with Crippen LogP contribution in [-0.2, 0) is 4.79 Å². The lowest BCUT2D eigenvalue weighted by Gasteiger charge is -2.47. The molecule has 3 nitrogen and oxygen atoms in total. The van der Waals surface area contributed by atoms with Crippen LogP contribution in [0.2, 0.25) is 0 Å². The fourth-order valence-electron chi connectivity index (χ4n) is 3.65. The molecular weight excluding hydrogens is 258 g/mol. The van der Waals surface area contributed by atoms with Gasteiger partial charge in [-0.15, -0.1) is 0 Å². The van der Waals surface area contributed by atoms with Gasteiger partial charge in [0.25, 0.3) is 0 Å². The highest BCUT2D eigenvalue weighted by atomic mass is 32.2. The van der Waals surface area contributed by atoms with Crippen LogP contribution in [0.4, 0.5) is 0 Å². The zero-order valence-electron chi connectivity index (χ0n) is 12.3. The molecule has 0 amide bonds. The maximum absolute atomic E-state index is 11.4. The van der Waals surface area contributed by atoms with Crippen LogP contribution in [0.15, 0.2) is 0 Å². The zero-order valence-corrected chi connectivity index (χ0v) is 13.1. The molecule has 0 aromatic carbocycles. The smallest absolute Gasteiger partial charge is 0.307 e. The molecule has 2 aliphatic rings. The third-order valence-corrected chi connectivity index (χ3v) is 6.57. The highest BCUT2D eigenvalue weighted by Crippen LogP contribution is 2.45. The number of carboxylic acid groups (broad SMARTS) is 1. The van der Waals surface area contributed by atoms with E-state index < -0.39 is 5.97 Å². The van der Waals surface area contributed by atoms with E-state index in [-0.39, 0.29) is 11.3 Å². The van der Waals surface area contributed by atoms with Crippen molar-refractivity contribution in [3.05, 3.63) is 0 Å². The van der Waals surface area contributed by atoms with Crippen LogP contribution in [-0.4, -0.2) is 34.7 Å². The van der Waals surface area contributed by atoms with Gasteiger partial charge >= 0.3 is 5.97 Å². The first-order valence-corrected chi connectivity index (χ1v) is 8.65. The summed E-state index contributed by atoms with van der Waals surface area (Å²) in [6.07, 6.45) is 4.40. The second-order valence-electron chi connectivity index (χ2n) is 6.77. The molecule has 1 saturated heterocycles. The Balaban J connectivity index is 1.98. The number of hydrogen-bond donors (Lipinski definition) is 2. The first-order chi connectivity index (χ1) is 8.93. The summed E-state index contributed by atoms with van der Waals surface area (Å²) in [6, 6.07) is 1.11. The maximum atomic E-state index is 11.4. The predicted octanol–water partition coefficient (Wildman–Crippen LogP) is 3.00. The van der Waals surface area contributed by atoms with Crippen LogP contribution in [0.3, 0.4) is 0 Å². The minimum Gasteiger partial charge on any atom is -0.481 e. The Morgan fingerprint density at radius 3 is 2.63 bits per heavy atom. The predicted molar refractivity (Wildman–Crippen MR) is 80.6 cm³/mol. The normalized spacial score (nSPS) is 38.9. The van der Waals surface area contributed by atoms with Gasteiger partial charge in [0, 0.05) is 17.8 Å². The molecule has 19 heavy (non-hydrogen) atoms. The van der Waals surface area contributed by atoms with Crippen LogP contribution in [0.25, 0.3) is 0 Å². The summed E-state index contributed by atoms with van der Waals surface area (Å²) < 4.78 is 0. The number of carbonyl (C=O) groups is 1. The second kappa shape index (κ2) is 6.04. The van der Waals surface area contributed by atoms with Gasteiger partial charge in [0.05, 0.1) is 5.92 Å². The Bertz CT molecular complexity index is 326. The van der Waals surface area contributed by atoms with Gasteiger partial charge < -0.3 is 10.4 Å². The Morgan fingerprint density at radius 2 is 2.05 bits per heavy atom. The Labute approximate surface area is 120 Å². The number of hydrogen-bond acceptors (Lipinski definition) is 3. The summed E-state index contributed by atoms with van der Waals surface area (Å²) in [6.45, 7) is 6.47. The second-order valence-corrected chi connectivity index (χ2v) is 7.92. The van der Waals surface area contributed by atoms with E-state index in [1.54, 1.807) is 0 Å². The largest absolute Gasteiger partial charge is 0.481 e. The van der Waals surface area contributed by atoms with Gasteiger partial charge in [-0.25, -0.2) is 0 Å². The average Bonchev–Trinajstić information content (AvgIpc) is 2.36. The van der Waals surface area contributed by atoms with E-state index in [9.17, 15) is 9.90 Å². The molecular formula is C15H27NO2S. The van der Waals surface area contributed by atoms with Crippen molar-refractivity contribution >= 4 is 17.7 Å². The molecule has 2 fully saturated rings. The number of rotatable bonds is 3. The van der Waals surface area contributed by atoms with Crippen molar-refractivity contribution in [2.45, 2.75) is 58.5 Å². The lowest BCUT2D eigenvalue weighted by molar-refractivity contribution is -0.150. The molecule has 1 heterocycles. The van der Waals surface area contributed by atoms with Crippen molar-refractivity contribution in [1.29, 1.82) is 0 Å². The van der Waals surface area contributed by atoms with Gasteiger partial charge in [-0.1, -0.05) is 20.8 Å². The molecule has 1 aliphatic carbocycles. The monoisotopic (exact) mass is 285 g/mol. The van der Waals surface area contributed by atoms with Gasteiger partial charge in [0.2, 0.25) is 0 Å². The van der Waals surface area contributed by atoms with E-state index in [0.29, 0.717) is 18.0 Å². The first-order valence-electron chi connectivity index (χ1n) is 7.49. The number of carboxylic acids is 1. The molecule has 4 heteroatoms. The van der Waals surface area contributed by atoms with Crippen LogP contribution in [0, 0.1) is 17.3 Å². The van der Waals surface area contributed by atoms with Crippen LogP contribution in [0.5, 0.6) is 0 Å². The highest BCUT2D eigenvalue weighted by molar-refractivity contribution is 7.99. The van der Waals surface area contributed by atoms with Crippen LogP contribution in [0.1, 0.15) is 46.5 Å². The minimum absolute atomic E-state index is 0.121. The Morgan fingerprint density at radius 1 is 1.32 bits per heavy atom. The Hall–Kier alpha value is -0.220. The van der Waals surface area contributed by atoms with E-state index in [4.69, 9.17) is 0 Å². The van der Waals surface area contributed by atoms with Crippen LogP contribution >= 0.6 is 11.8 Å². The summed E-state index contributed by atoms with van der Waals surface area (Å²) in [5.74, 6) is 2.11. The molecule has 4 atom stereocenters. The van der Waals surface area contributed by atoms with E-state index in [2.05, 4.69) is 26.1 Å². The lowest BCUT2D eigenvalue weighted by atomic mass is 9.61. The van der Waals surface area contributed by atoms with Crippen molar-refractivity contribution in [2.75, 3.05) is 11.5 Å². The summed E-state index contributed by atoms with van der Waals surface area (Å²) in [5, 5.41) is 13.2. The van der Waals surface area contributed by atoms with Gasteiger partial charge in [-0.05, 0) is 42.8 Å². The summed E-state index contributed by atoms with van der Waals surface area (Å²) in [5.41, 5.74) is -0.121. The molecule has 1 aliphatic heterocycles. The fraction of sp³-hybridized carbons (Fsp3) is 0.933. The fourth-order valence-corrected chi connectivity index (χ4v) is 4.73. The van der Waals surface area contributed by atoms with Crippen molar-refractivity contribution < 1.29 is 9.90 Å². The maximum Gasteiger partial charge on any atom is 0.307 e. The van der Waals surface area contributed by atoms with E-state index in [0.717, 1.165) is 12.8 Å². The van der Waals surface area contributed by atoms with E-state index >= 15 is 0 Å². The van der Waals surface area contributed by atoms with Crippen LogP contribution < -0.4 is 5.32 Å². The first kappa shape index (κ1) is 15.2. The topological polar surface area (TPSA) is 49.3 Å². The van der Waals surface area contributed by atoms with Crippen molar-refractivity contribution in [2.24, 2.45) is 17.3 Å². The summed E-state index contributed by atoms with van der Waals surface area (Å²) in [7, 11) is 0. The Kier molecular flexibility index (Phi) is 4.83. The molecule has 1 saturated carbocycles. The lowest BCUT2D eigenvalue weighted by Crippen LogP contribution is -2.54. The number of aliphatic carboxylic acids is 1. The zero-order chi connectivity index (χ0) is 14.0. The average molecular weight is 285 g/mol. The number of nitrogens with one attached hydrogen (secondary N) is 1. The molecule has 0 bridgehead atoms. The molecule has 4 unspecified atom stereocenters. The highest BCUT2D eigenvalue weighted by Gasteiger charge is 2.46. The molecule has 2 rings (SSSR count). The van der Waals surface area contributed by atoms with Gasteiger partial charge in [0.1, 0.15) is 0 Å². The third-order valence-electron chi connectivity index (χ3n) is 5.35. The van der Waals surface area contributed by atoms with Crippen molar-refractivity contribution in [3.63, 3.8) is 0 Å². The van der Waals surface area contributed by atoms with Gasteiger partial charge in [-0.2, -0.15) is 11.8 Å². The molecule has 2 N–H and O–H groups in total. The SMILES string of the molecule is CC1C(NC2CCCSC2)CCC(C(=O)O)C1(C)C.